The zero-order valence-electron chi connectivity index (χ0n) is 11.4. The Bertz CT molecular complexity index is 636. The van der Waals surface area contributed by atoms with Crippen LogP contribution in [0.3, 0.4) is 0 Å². The van der Waals surface area contributed by atoms with Gasteiger partial charge in [0.15, 0.2) is 0 Å². The standard InChI is InChI=1S/C14H18N2O2S2/c1-2-13-7-8-14(19-13)20(17,18)16-10-4-6-12-5-3-9-15-11-12/h3,5,7-9,11,16H,2,4,6,10H2,1H3. The lowest BCUT2D eigenvalue weighted by Gasteiger charge is -2.04. The molecule has 0 aliphatic rings. The van der Waals surface area contributed by atoms with Gasteiger partial charge in [0, 0.05) is 23.8 Å². The molecule has 0 aliphatic heterocycles. The van der Waals surface area contributed by atoms with E-state index in [1.54, 1.807) is 18.5 Å². The maximum atomic E-state index is 12.1. The van der Waals surface area contributed by atoms with E-state index in [2.05, 4.69) is 9.71 Å². The predicted octanol–water partition coefficient (Wildman–Crippen LogP) is 2.62. The number of pyridine rings is 1. The first-order valence-corrected chi connectivity index (χ1v) is 8.89. The molecule has 0 spiro atoms. The normalized spacial score (nSPS) is 11.7. The van der Waals surface area contributed by atoms with Crippen LogP contribution in [0.2, 0.25) is 0 Å². The quantitative estimate of drug-likeness (QED) is 0.800. The van der Waals surface area contributed by atoms with E-state index in [1.807, 2.05) is 25.1 Å². The fraction of sp³-hybridized carbons (Fsp3) is 0.357. The fourth-order valence-corrected chi connectivity index (χ4v) is 4.22. The van der Waals surface area contributed by atoms with Crippen molar-refractivity contribution < 1.29 is 8.42 Å². The van der Waals surface area contributed by atoms with Gasteiger partial charge in [-0.3, -0.25) is 4.98 Å². The second-order valence-corrected chi connectivity index (χ2v) is 7.60. The lowest BCUT2D eigenvalue weighted by atomic mass is 10.2. The predicted molar refractivity (Wildman–Crippen MR) is 81.4 cm³/mol. The second-order valence-electron chi connectivity index (χ2n) is 4.44. The van der Waals surface area contributed by atoms with Crippen LogP contribution >= 0.6 is 11.3 Å². The molecule has 0 radical (unpaired) electrons. The van der Waals surface area contributed by atoms with Crippen molar-refractivity contribution in [2.75, 3.05) is 6.54 Å². The van der Waals surface area contributed by atoms with Gasteiger partial charge in [-0.25, -0.2) is 13.1 Å². The van der Waals surface area contributed by atoms with Gasteiger partial charge in [-0.15, -0.1) is 11.3 Å². The molecule has 108 valence electrons. The van der Waals surface area contributed by atoms with Crippen LogP contribution in [0.15, 0.2) is 40.9 Å². The van der Waals surface area contributed by atoms with Crippen molar-refractivity contribution in [3.8, 4) is 0 Å². The summed E-state index contributed by atoms with van der Waals surface area (Å²) < 4.78 is 27.2. The minimum atomic E-state index is -3.35. The largest absolute Gasteiger partial charge is 0.264 e. The second kappa shape index (κ2) is 6.97. The van der Waals surface area contributed by atoms with Crippen molar-refractivity contribution >= 4 is 21.4 Å². The molecular weight excluding hydrogens is 292 g/mol. The monoisotopic (exact) mass is 310 g/mol. The molecule has 20 heavy (non-hydrogen) atoms. The number of thiophene rings is 1. The van der Waals surface area contributed by atoms with Gasteiger partial charge >= 0.3 is 0 Å². The Labute approximate surface area is 123 Å². The van der Waals surface area contributed by atoms with Crippen molar-refractivity contribution in [2.24, 2.45) is 0 Å². The zero-order chi connectivity index (χ0) is 14.4. The summed E-state index contributed by atoms with van der Waals surface area (Å²) in [6.45, 7) is 2.46. The molecule has 0 amide bonds. The van der Waals surface area contributed by atoms with Gasteiger partial charge in [-0.1, -0.05) is 13.0 Å². The molecule has 0 unspecified atom stereocenters. The number of hydrogen-bond acceptors (Lipinski definition) is 4. The van der Waals surface area contributed by atoms with Gasteiger partial charge < -0.3 is 0 Å². The highest BCUT2D eigenvalue weighted by Gasteiger charge is 2.15. The number of nitrogens with zero attached hydrogens (tertiary/aromatic N) is 1. The molecule has 0 aliphatic carbocycles. The third kappa shape index (κ3) is 4.13. The summed E-state index contributed by atoms with van der Waals surface area (Å²) in [4.78, 5) is 5.12. The minimum Gasteiger partial charge on any atom is -0.264 e. The van der Waals surface area contributed by atoms with E-state index in [0.29, 0.717) is 10.8 Å². The highest BCUT2D eigenvalue weighted by molar-refractivity contribution is 7.91. The number of aromatic nitrogens is 1. The van der Waals surface area contributed by atoms with Crippen molar-refractivity contribution in [2.45, 2.75) is 30.4 Å². The van der Waals surface area contributed by atoms with Gasteiger partial charge in [-0.2, -0.15) is 0 Å². The summed E-state index contributed by atoms with van der Waals surface area (Å²) in [6, 6.07) is 7.42. The summed E-state index contributed by atoms with van der Waals surface area (Å²) in [5.41, 5.74) is 1.12. The summed E-state index contributed by atoms with van der Waals surface area (Å²) in [7, 11) is -3.35. The van der Waals surface area contributed by atoms with Gasteiger partial charge in [0.1, 0.15) is 4.21 Å². The maximum absolute atomic E-state index is 12.1. The summed E-state index contributed by atoms with van der Waals surface area (Å²) >= 11 is 1.33. The van der Waals surface area contributed by atoms with Crippen LogP contribution in [-0.4, -0.2) is 19.9 Å². The molecule has 0 saturated carbocycles. The SMILES string of the molecule is CCc1ccc(S(=O)(=O)NCCCc2cccnc2)s1. The van der Waals surface area contributed by atoms with E-state index in [9.17, 15) is 8.42 Å². The van der Waals surface area contributed by atoms with E-state index in [-0.39, 0.29) is 0 Å². The van der Waals surface area contributed by atoms with Gasteiger partial charge in [0.2, 0.25) is 10.0 Å². The Morgan fingerprint density at radius 3 is 2.80 bits per heavy atom. The van der Waals surface area contributed by atoms with E-state index >= 15 is 0 Å². The molecule has 0 atom stereocenters. The number of aryl methyl sites for hydroxylation is 2. The first-order chi connectivity index (χ1) is 9.62. The van der Waals surface area contributed by atoms with E-state index in [0.717, 1.165) is 29.7 Å². The van der Waals surface area contributed by atoms with Crippen LogP contribution < -0.4 is 4.72 Å². The van der Waals surface area contributed by atoms with Crippen LogP contribution in [0.1, 0.15) is 23.8 Å². The van der Waals surface area contributed by atoms with Gasteiger partial charge in [0.25, 0.3) is 0 Å². The highest BCUT2D eigenvalue weighted by atomic mass is 32.2. The first-order valence-electron chi connectivity index (χ1n) is 6.59. The van der Waals surface area contributed by atoms with Crippen LogP contribution in [0.25, 0.3) is 0 Å². The zero-order valence-corrected chi connectivity index (χ0v) is 13.0. The molecule has 2 rings (SSSR count). The van der Waals surface area contributed by atoms with Gasteiger partial charge in [0.05, 0.1) is 0 Å². The molecule has 2 aromatic rings. The van der Waals surface area contributed by atoms with Crippen molar-refractivity contribution in [3.63, 3.8) is 0 Å². The average Bonchev–Trinajstić information content (AvgIpc) is 2.95. The number of hydrogen-bond donors (Lipinski definition) is 1. The minimum absolute atomic E-state index is 0.399. The van der Waals surface area contributed by atoms with Crippen molar-refractivity contribution in [3.05, 3.63) is 47.1 Å². The number of rotatable bonds is 7. The summed E-state index contributed by atoms with van der Waals surface area (Å²) in [5.74, 6) is 0. The molecule has 4 nitrogen and oxygen atoms in total. The van der Waals surface area contributed by atoms with Gasteiger partial charge in [-0.05, 0) is 43.0 Å². The van der Waals surface area contributed by atoms with E-state index < -0.39 is 10.0 Å². The Morgan fingerprint density at radius 1 is 1.30 bits per heavy atom. The van der Waals surface area contributed by atoms with Crippen LogP contribution in [-0.2, 0) is 22.9 Å². The molecule has 1 N–H and O–H groups in total. The molecule has 2 heterocycles. The molecule has 0 fully saturated rings. The number of sulfonamides is 1. The van der Waals surface area contributed by atoms with E-state index in [1.165, 1.54) is 11.3 Å². The number of nitrogens with one attached hydrogen (secondary N) is 1. The Hall–Kier alpha value is -1.24. The summed E-state index contributed by atoms with van der Waals surface area (Å²) in [6.07, 6.45) is 5.98. The lowest BCUT2D eigenvalue weighted by molar-refractivity contribution is 0.581. The Kier molecular flexibility index (Phi) is 5.28. The van der Waals surface area contributed by atoms with E-state index in [4.69, 9.17) is 0 Å². The molecule has 0 saturated heterocycles. The van der Waals surface area contributed by atoms with Crippen LogP contribution in [0.5, 0.6) is 0 Å². The van der Waals surface area contributed by atoms with Crippen LogP contribution in [0.4, 0.5) is 0 Å². The lowest BCUT2D eigenvalue weighted by Crippen LogP contribution is -2.24. The summed E-state index contributed by atoms with van der Waals surface area (Å²) in [5, 5.41) is 0. The molecule has 0 bridgehead atoms. The Morgan fingerprint density at radius 2 is 2.15 bits per heavy atom. The third-order valence-corrected chi connectivity index (χ3v) is 6.09. The molecule has 0 aromatic carbocycles. The fourth-order valence-electron chi connectivity index (χ4n) is 1.81. The third-order valence-electron chi connectivity index (χ3n) is 2.91. The Balaban J connectivity index is 1.84. The van der Waals surface area contributed by atoms with Crippen molar-refractivity contribution in [1.82, 2.24) is 9.71 Å². The van der Waals surface area contributed by atoms with Crippen molar-refractivity contribution in [1.29, 1.82) is 0 Å². The molecular formula is C14H18N2O2S2. The van der Waals surface area contributed by atoms with Crippen LogP contribution in [0, 0.1) is 0 Å². The first kappa shape index (κ1) is 15.2. The smallest absolute Gasteiger partial charge is 0.250 e. The average molecular weight is 310 g/mol. The topological polar surface area (TPSA) is 59.1 Å². The maximum Gasteiger partial charge on any atom is 0.250 e. The molecule has 6 heteroatoms. The highest BCUT2D eigenvalue weighted by Crippen LogP contribution is 2.21. The molecule has 2 aromatic heterocycles.